The molecule has 2 aliphatic carbocycles. The van der Waals surface area contributed by atoms with E-state index in [2.05, 4.69) is 33.3 Å². The van der Waals surface area contributed by atoms with Crippen molar-refractivity contribution in [2.75, 3.05) is 64.9 Å². The number of carbonyl (C=O) groups excluding carboxylic acids is 2. The van der Waals surface area contributed by atoms with E-state index in [-0.39, 0.29) is 29.2 Å². The molecule has 1 spiro atoms. The number of methoxy groups -OCH3 is 1. The fourth-order valence-corrected chi connectivity index (χ4v) is 10.3. The van der Waals surface area contributed by atoms with Crippen LogP contribution in [0.4, 0.5) is 5.69 Å². The number of halogens is 1. The van der Waals surface area contributed by atoms with Gasteiger partial charge in [-0.05, 0) is 112 Å². The second-order valence-corrected chi connectivity index (χ2v) is 18.5. The van der Waals surface area contributed by atoms with E-state index >= 15 is 0 Å². The van der Waals surface area contributed by atoms with Gasteiger partial charge in [0.1, 0.15) is 5.75 Å². The molecule has 2 amide bonds. The van der Waals surface area contributed by atoms with Gasteiger partial charge in [-0.1, -0.05) is 43.3 Å². The summed E-state index contributed by atoms with van der Waals surface area (Å²) in [6.45, 7) is 14.5. The van der Waals surface area contributed by atoms with Crippen molar-refractivity contribution in [2.45, 2.75) is 76.6 Å². The number of nitrogens with one attached hydrogen (secondary N) is 1. The standard InChI is InChI=1S/C41H57ClN4O6S/c1-7-34(42)22-31-11-9-16-40(29(31)3)26-46-24-33-12-14-35(33)41(51-6,18-19-45-21-20-44(5)38(47)25-45)17-8-10-28(2)30(4)53(49,50)43-39(48)32-13-15-37(52-27-40)36(46)23-32/h7-8,13,15,17,22-23,28,30,33,35H,3,9-12,14,16,18-21,24-27H2,1-2,4-6H3,(H,43,48)/b17-8+,31-22-,34-7+/t28-,30+,33-,35+,40-,41-/m0/s1. The van der Waals surface area contributed by atoms with Crippen LogP contribution in [0.2, 0.25) is 0 Å². The summed E-state index contributed by atoms with van der Waals surface area (Å²) in [7, 11) is -0.354. The fraction of sp³-hybridized carbons (Fsp3) is 0.610. The lowest BCUT2D eigenvalue weighted by molar-refractivity contribution is -0.135. The number of carbonyl (C=O) groups is 2. The minimum Gasteiger partial charge on any atom is -0.490 e. The number of rotatable bonds is 5. The van der Waals surface area contributed by atoms with Crippen LogP contribution in [0.15, 0.2) is 65.3 Å². The number of piperazine rings is 1. The largest absolute Gasteiger partial charge is 0.490 e. The van der Waals surface area contributed by atoms with Crippen molar-refractivity contribution in [1.82, 2.24) is 14.5 Å². The minimum absolute atomic E-state index is 0.125. The Balaban J connectivity index is 1.40. The molecule has 1 saturated heterocycles. The molecule has 10 nitrogen and oxygen atoms in total. The normalized spacial score (nSPS) is 34.2. The maximum absolute atomic E-state index is 13.6. The number of hydrogen-bond donors (Lipinski definition) is 1. The van der Waals surface area contributed by atoms with Gasteiger partial charge in [0.15, 0.2) is 0 Å². The van der Waals surface area contributed by atoms with Crippen molar-refractivity contribution in [3.63, 3.8) is 0 Å². The number of anilines is 1. The monoisotopic (exact) mass is 768 g/mol. The van der Waals surface area contributed by atoms with Crippen LogP contribution in [0.1, 0.15) is 76.1 Å². The third kappa shape index (κ3) is 8.14. The highest BCUT2D eigenvalue weighted by molar-refractivity contribution is 7.90. The average molecular weight is 769 g/mol. The van der Waals surface area contributed by atoms with E-state index in [1.54, 1.807) is 37.1 Å². The number of hydrogen-bond acceptors (Lipinski definition) is 8. The number of benzene rings is 1. The smallest absolute Gasteiger partial charge is 0.264 e. The molecule has 5 aliphatic rings. The maximum Gasteiger partial charge on any atom is 0.264 e. The fourth-order valence-electron chi connectivity index (χ4n) is 8.92. The summed E-state index contributed by atoms with van der Waals surface area (Å²) in [5.41, 5.74) is 2.19. The van der Waals surface area contributed by atoms with Crippen molar-refractivity contribution >= 4 is 39.1 Å². The van der Waals surface area contributed by atoms with Crippen LogP contribution < -0.4 is 14.4 Å². The second-order valence-electron chi connectivity index (χ2n) is 16.0. The summed E-state index contributed by atoms with van der Waals surface area (Å²) >= 11 is 6.51. The minimum atomic E-state index is -3.99. The van der Waals surface area contributed by atoms with Crippen LogP contribution in [0.25, 0.3) is 0 Å². The van der Waals surface area contributed by atoms with Crippen LogP contribution in [-0.4, -0.2) is 101 Å². The van der Waals surface area contributed by atoms with Gasteiger partial charge in [-0.25, -0.2) is 13.1 Å². The van der Waals surface area contributed by atoms with Gasteiger partial charge >= 0.3 is 0 Å². The van der Waals surface area contributed by atoms with Crippen molar-refractivity contribution in [2.24, 2.45) is 23.2 Å². The lowest BCUT2D eigenvalue weighted by Crippen LogP contribution is -2.54. The molecule has 1 aromatic rings. The van der Waals surface area contributed by atoms with Crippen LogP contribution in [0.3, 0.4) is 0 Å². The summed E-state index contributed by atoms with van der Waals surface area (Å²) in [5, 5.41) is -0.137. The van der Waals surface area contributed by atoms with Crippen molar-refractivity contribution < 1.29 is 27.5 Å². The quantitative estimate of drug-likeness (QED) is 0.348. The van der Waals surface area contributed by atoms with Gasteiger partial charge in [-0.3, -0.25) is 14.5 Å². The van der Waals surface area contributed by atoms with Crippen molar-refractivity contribution in [3.8, 4) is 5.75 Å². The first kappa shape index (κ1) is 39.6. The van der Waals surface area contributed by atoms with E-state index in [1.807, 2.05) is 33.0 Å². The lowest BCUT2D eigenvalue weighted by atomic mass is 9.62. The molecule has 6 rings (SSSR count). The number of likely N-dealkylation sites (N-methyl/N-ethyl adjacent to an activating group) is 1. The SMILES string of the molecule is C=C1/C(=C\C(Cl)=C/C)CCC[C@]12COc1ccc3cc1N(C[C@@H]1CC[C@H]1[C@](CCN1CCN(C)C(=O)C1)(OC)/C=C/C[C@H](C)[C@@H](C)S(=O)(=O)NC3=O)C2. The van der Waals surface area contributed by atoms with Crippen LogP contribution >= 0.6 is 11.6 Å². The van der Waals surface area contributed by atoms with Gasteiger partial charge in [0.25, 0.3) is 5.91 Å². The molecule has 3 fully saturated rings. The van der Waals surface area contributed by atoms with E-state index < -0.39 is 32.2 Å². The zero-order valence-electron chi connectivity index (χ0n) is 32.0. The predicted octanol–water partition coefficient (Wildman–Crippen LogP) is 6.30. The Labute approximate surface area is 321 Å². The van der Waals surface area contributed by atoms with E-state index in [0.29, 0.717) is 63.0 Å². The van der Waals surface area contributed by atoms with Gasteiger partial charge in [-0.2, -0.15) is 0 Å². The highest BCUT2D eigenvalue weighted by atomic mass is 35.5. The van der Waals surface area contributed by atoms with Gasteiger partial charge in [-0.15, -0.1) is 0 Å². The molecule has 6 atom stereocenters. The number of fused-ring (bicyclic) bond motifs is 2. The van der Waals surface area contributed by atoms with E-state index in [4.69, 9.17) is 21.1 Å². The molecule has 1 aromatic carbocycles. The molecule has 3 aliphatic heterocycles. The average Bonchev–Trinajstić information content (AvgIpc) is 3.28. The molecule has 12 heteroatoms. The number of allylic oxidation sites excluding steroid dienone is 5. The molecule has 290 valence electrons. The summed E-state index contributed by atoms with van der Waals surface area (Å²) < 4.78 is 42.7. The molecular weight excluding hydrogens is 712 g/mol. The zero-order chi connectivity index (χ0) is 38.1. The van der Waals surface area contributed by atoms with E-state index in [0.717, 1.165) is 55.5 Å². The predicted molar refractivity (Wildman–Crippen MR) is 211 cm³/mol. The Bertz CT molecular complexity index is 1790. The number of amides is 2. The highest BCUT2D eigenvalue weighted by Gasteiger charge is 2.49. The Kier molecular flexibility index (Phi) is 11.9. The molecule has 0 unspecified atom stereocenters. The molecule has 53 heavy (non-hydrogen) atoms. The van der Waals surface area contributed by atoms with Crippen LogP contribution in [0.5, 0.6) is 5.75 Å². The van der Waals surface area contributed by atoms with Crippen molar-refractivity contribution in [3.05, 3.63) is 70.8 Å². The number of sulfonamides is 1. The molecule has 3 heterocycles. The molecule has 1 N–H and O–H groups in total. The van der Waals surface area contributed by atoms with Gasteiger partial charge in [0.2, 0.25) is 15.9 Å². The van der Waals surface area contributed by atoms with E-state index in [9.17, 15) is 18.0 Å². The Morgan fingerprint density at radius 3 is 2.70 bits per heavy atom. The van der Waals surface area contributed by atoms with Crippen molar-refractivity contribution in [1.29, 1.82) is 0 Å². The second kappa shape index (κ2) is 15.9. The highest BCUT2D eigenvalue weighted by Crippen LogP contribution is 2.51. The van der Waals surface area contributed by atoms with E-state index in [1.165, 1.54) is 0 Å². The molecule has 0 aromatic heterocycles. The number of nitrogens with zero attached hydrogens (tertiary/aromatic N) is 3. The molecular formula is C41H57ClN4O6S. The summed E-state index contributed by atoms with van der Waals surface area (Å²) in [4.78, 5) is 32.6. The maximum atomic E-state index is 13.6. The molecule has 2 bridgehead atoms. The molecule has 2 saturated carbocycles. The summed E-state index contributed by atoms with van der Waals surface area (Å²) in [6, 6.07) is 5.24. The first-order valence-electron chi connectivity index (χ1n) is 19.2. The van der Waals surface area contributed by atoms with Crippen LogP contribution in [-0.2, 0) is 19.6 Å². The Morgan fingerprint density at radius 1 is 1.21 bits per heavy atom. The number of ether oxygens (including phenoxy) is 2. The first-order valence-corrected chi connectivity index (χ1v) is 21.1. The summed E-state index contributed by atoms with van der Waals surface area (Å²) in [6.07, 6.45) is 14.1. The van der Waals surface area contributed by atoms with Gasteiger partial charge in [0.05, 0.1) is 29.7 Å². The first-order chi connectivity index (χ1) is 25.2. The zero-order valence-corrected chi connectivity index (χ0v) is 33.6. The lowest BCUT2D eigenvalue weighted by Gasteiger charge is -2.51. The third-order valence-corrected chi connectivity index (χ3v) is 15.2. The molecule has 0 radical (unpaired) electrons. The van der Waals surface area contributed by atoms with Crippen LogP contribution in [0, 0.1) is 23.2 Å². The van der Waals surface area contributed by atoms with Gasteiger partial charge in [0, 0.05) is 62.9 Å². The Morgan fingerprint density at radius 2 is 2.00 bits per heavy atom. The topological polar surface area (TPSA) is 108 Å². The Hall–Kier alpha value is -3.12. The van der Waals surface area contributed by atoms with Gasteiger partial charge < -0.3 is 19.3 Å². The summed E-state index contributed by atoms with van der Waals surface area (Å²) in [5.74, 6) is 0.327. The third-order valence-electron chi connectivity index (χ3n) is 12.9.